The van der Waals surface area contributed by atoms with Crippen molar-refractivity contribution in [3.05, 3.63) is 5.76 Å². The van der Waals surface area contributed by atoms with E-state index in [-0.39, 0.29) is 11.0 Å². The molecule has 1 aromatic heterocycles. The summed E-state index contributed by atoms with van der Waals surface area (Å²) in [6, 6.07) is 0. The van der Waals surface area contributed by atoms with Crippen molar-refractivity contribution >= 4 is 23.6 Å². The molecule has 1 unspecified atom stereocenters. The second-order valence-corrected chi connectivity index (χ2v) is 13.7. The Morgan fingerprint density at radius 1 is 1.29 bits per heavy atom. The molecule has 1 atom stereocenters. The Morgan fingerprint density at radius 3 is 2.33 bits per heavy atom. The summed E-state index contributed by atoms with van der Waals surface area (Å²) in [5.74, 6) is -2.93. The van der Waals surface area contributed by atoms with Gasteiger partial charge in [0.2, 0.25) is 0 Å². The number of aromatic hydroxyl groups is 2. The van der Waals surface area contributed by atoms with Gasteiger partial charge in [0.15, 0.2) is 0 Å². The summed E-state index contributed by atoms with van der Waals surface area (Å²) in [4.78, 5) is 0. The van der Waals surface area contributed by atoms with E-state index >= 15 is 0 Å². The van der Waals surface area contributed by atoms with Crippen molar-refractivity contribution in [1.29, 1.82) is 0 Å². The van der Waals surface area contributed by atoms with Gasteiger partial charge in [-0.1, -0.05) is 0 Å². The van der Waals surface area contributed by atoms with Gasteiger partial charge in [-0.3, -0.25) is 0 Å². The number of hydrogen-bond donors (Lipinski definition) is 4. The summed E-state index contributed by atoms with van der Waals surface area (Å²) in [6.07, 6.45) is -1.55. The summed E-state index contributed by atoms with van der Waals surface area (Å²) in [6.45, 7) is -0.597. The molecule has 0 aromatic carbocycles. The molecule has 0 aliphatic carbocycles. The molecule has 0 spiro atoms. The molecule has 1 rings (SSSR count). The van der Waals surface area contributed by atoms with Gasteiger partial charge in [0, 0.05) is 0 Å². The third-order valence-electron chi connectivity index (χ3n) is 2.23. The van der Waals surface area contributed by atoms with E-state index in [1.54, 1.807) is 0 Å². The van der Waals surface area contributed by atoms with Gasteiger partial charge in [-0.25, -0.2) is 0 Å². The van der Waals surface area contributed by atoms with Gasteiger partial charge in [0.05, 0.1) is 0 Å². The molecular weight excluding hydrogens is 371 g/mol. The maximum atomic E-state index is 11.7. The van der Waals surface area contributed by atoms with Crippen molar-refractivity contribution in [3.8, 4) is 17.4 Å². The first-order chi connectivity index (χ1) is 9.39. The first-order valence-electron chi connectivity index (χ1n) is 5.72. The van der Waals surface area contributed by atoms with E-state index in [9.17, 15) is 27.5 Å². The predicted molar refractivity (Wildman–Crippen MR) is 71.8 cm³/mol. The fraction of sp³-hybridized carbons (Fsp3) is 0.600. The van der Waals surface area contributed by atoms with E-state index in [1.165, 1.54) is 11.4 Å². The predicted octanol–water partition coefficient (Wildman–Crippen LogP) is 0.0356. The molecule has 0 fully saturated rings. The van der Waals surface area contributed by atoms with Gasteiger partial charge in [-0.05, 0) is 0 Å². The number of ether oxygens (including phenoxy) is 1. The number of aliphatic hydroxyl groups is 1. The zero-order chi connectivity index (χ0) is 16.4. The third-order valence-corrected chi connectivity index (χ3v) is 5.24. The van der Waals surface area contributed by atoms with Crippen LogP contribution in [-0.2, 0) is 19.1 Å². The minimum atomic E-state index is -4.37. The van der Waals surface area contributed by atoms with Crippen LogP contribution in [0.4, 0.5) is 0 Å². The van der Waals surface area contributed by atoms with Crippen molar-refractivity contribution in [2.45, 2.75) is 22.7 Å². The Balaban J connectivity index is 2.77. The summed E-state index contributed by atoms with van der Waals surface area (Å²) >= 11 is -3.18. The van der Waals surface area contributed by atoms with E-state index < -0.39 is 59.5 Å². The van der Waals surface area contributed by atoms with Gasteiger partial charge in [0.1, 0.15) is 0 Å². The molecule has 4 N–H and O–H groups in total. The third kappa shape index (κ3) is 6.04. The Kier molecular flexibility index (Phi) is 5.43. The average Bonchev–Trinajstić information content (AvgIpc) is 2.50. The Labute approximate surface area is 123 Å². The van der Waals surface area contributed by atoms with Crippen LogP contribution in [0.2, 0.25) is 11.4 Å². The standard InChI is InChI=1S/C10H17AsO9S/c1-11(2,15)3-7-8(13)9(14)10(20-7)19-4-6(12)5-21(16,17)18/h6,12-14H,3-5H2,1-2H3,(H,16,17,18). The van der Waals surface area contributed by atoms with Gasteiger partial charge in [-0.15, -0.1) is 0 Å². The van der Waals surface area contributed by atoms with Crippen LogP contribution < -0.4 is 4.74 Å². The quantitative estimate of drug-likeness (QED) is 0.374. The molecule has 0 aliphatic rings. The second-order valence-electron chi connectivity index (χ2n) is 4.96. The van der Waals surface area contributed by atoms with Crippen LogP contribution in [0.3, 0.4) is 0 Å². The molecule has 11 heteroatoms. The fourth-order valence-electron chi connectivity index (χ4n) is 1.45. The number of aliphatic hydroxyl groups excluding tert-OH is 1. The van der Waals surface area contributed by atoms with Crippen molar-refractivity contribution in [2.75, 3.05) is 12.4 Å². The molecule has 0 saturated heterocycles. The molecule has 1 aromatic rings. The Morgan fingerprint density at radius 2 is 1.86 bits per heavy atom. The molecule has 1 heterocycles. The van der Waals surface area contributed by atoms with E-state index in [2.05, 4.69) is 0 Å². The molecule has 122 valence electrons. The van der Waals surface area contributed by atoms with Crippen molar-refractivity contribution < 1.29 is 41.2 Å². The van der Waals surface area contributed by atoms with Crippen molar-refractivity contribution in [1.82, 2.24) is 0 Å². The van der Waals surface area contributed by atoms with Crippen LogP contribution >= 0.6 is 0 Å². The number of hydrogen-bond acceptors (Lipinski definition) is 8. The fourth-order valence-corrected chi connectivity index (χ4v) is 3.93. The first kappa shape index (κ1) is 18.0. The molecule has 21 heavy (non-hydrogen) atoms. The van der Waals surface area contributed by atoms with Gasteiger partial charge in [0.25, 0.3) is 0 Å². The normalized spacial score (nSPS) is 14.1. The Bertz CT molecular complexity index is 642. The topological polar surface area (TPSA) is 154 Å². The Hall–Kier alpha value is -1.09. The molecule has 9 nitrogen and oxygen atoms in total. The van der Waals surface area contributed by atoms with Crippen molar-refractivity contribution in [3.63, 3.8) is 0 Å². The summed E-state index contributed by atoms with van der Waals surface area (Å²) in [7, 11) is -4.37. The van der Waals surface area contributed by atoms with Crippen molar-refractivity contribution in [2.24, 2.45) is 0 Å². The van der Waals surface area contributed by atoms with Crippen LogP contribution in [0.5, 0.6) is 17.4 Å². The van der Waals surface area contributed by atoms with Crippen LogP contribution in [0.15, 0.2) is 4.42 Å². The zero-order valence-electron chi connectivity index (χ0n) is 11.4. The summed E-state index contributed by atoms with van der Waals surface area (Å²) in [5.41, 5.74) is 3.04. The average molecular weight is 388 g/mol. The van der Waals surface area contributed by atoms with Crippen LogP contribution in [-0.4, -0.2) is 60.2 Å². The van der Waals surface area contributed by atoms with Crippen LogP contribution in [0.25, 0.3) is 0 Å². The second kappa shape index (κ2) is 6.35. The summed E-state index contributed by atoms with van der Waals surface area (Å²) in [5, 5.41) is 28.4. The van der Waals surface area contributed by atoms with Gasteiger partial charge < -0.3 is 0 Å². The maximum absolute atomic E-state index is 11.7. The molecule has 0 radical (unpaired) electrons. The van der Waals surface area contributed by atoms with Gasteiger partial charge in [-0.2, -0.15) is 0 Å². The van der Waals surface area contributed by atoms with Crippen LogP contribution in [0, 0.1) is 0 Å². The van der Waals surface area contributed by atoms with Crippen LogP contribution in [0.1, 0.15) is 5.76 Å². The van der Waals surface area contributed by atoms with E-state index in [4.69, 9.17) is 13.7 Å². The van der Waals surface area contributed by atoms with Gasteiger partial charge >= 0.3 is 123 Å². The molecule has 0 amide bonds. The molecule has 0 bridgehead atoms. The van der Waals surface area contributed by atoms with E-state index in [1.807, 2.05) is 0 Å². The van der Waals surface area contributed by atoms with E-state index in [0.29, 0.717) is 0 Å². The minimum absolute atomic E-state index is 0.0470. The molecule has 0 saturated carbocycles. The van der Waals surface area contributed by atoms with E-state index in [0.717, 1.165) is 0 Å². The number of rotatable bonds is 7. The summed E-state index contributed by atoms with van der Waals surface area (Å²) < 4.78 is 51.1. The number of furan rings is 1. The monoisotopic (exact) mass is 388 g/mol. The molecule has 0 aliphatic heterocycles. The SMILES string of the molecule is C[As](C)(=O)Cc1oc(OCC(O)CS(=O)(=O)O)c(O)c1O. The molecular formula is C10H17AsO9S. The zero-order valence-corrected chi connectivity index (χ0v) is 14.1. The first-order valence-corrected chi connectivity index (χ1v) is 13.2.